The SMILES string of the molecule is Cc1ccc(CC(OC(=O)N2CCC(N3CCc4ccccc4NC3=O)CC2)C(=O)N2CCC(N3CCN(C)CC3)CC2)cc1Br. The van der Waals surface area contributed by atoms with E-state index in [2.05, 4.69) is 44.2 Å². The van der Waals surface area contributed by atoms with Gasteiger partial charge in [-0.1, -0.05) is 46.3 Å². The molecule has 1 unspecified atom stereocenters. The highest BCUT2D eigenvalue weighted by molar-refractivity contribution is 9.10. The van der Waals surface area contributed by atoms with Crippen molar-refractivity contribution in [3.63, 3.8) is 0 Å². The van der Waals surface area contributed by atoms with Crippen LogP contribution in [0, 0.1) is 6.92 Å². The second-order valence-corrected chi connectivity index (χ2v) is 14.2. The number of urea groups is 1. The van der Waals surface area contributed by atoms with Crippen LogP contribution in [0.25, 0.3) is 0 Å². The zero-order chi connectivity index (χ0) is 32.2. The topological polar surface area (TPSA) is 88.7 Å². The number of carbonyl (C=O) groups is 3. The zero-order valence-corrected chi connectivity index (χ0v) is 28.7. The Kier molecular flexibility index (Phi) is 10.5. The fourth-order valence-electron chi connectivity index (χ4n) is 7.29. The van der Waals surface area contributed by atoms with E-state index in [-0.39, 0.29) is 18.0 Å². The largest absolute Gasteiger partial charge is 0.436 e. The van der Waals surface area contributed by atoms with Gasteiger partial charge in [-0.15, -0.1) is 0 Å². The molecule has 0 bridgehead atoms. The van der Waals surface area contributed by atoms with E-state index in [0.29, 0.717) is 58.0 Å². The van der Waals surface area contributed by atoms with Crippen LogP contribution in [-0.4, -0.2) is 127 Å². The first-order valence-electron chi connectivity index (χ1n) is 16.8. The monoisotopic (exact) mass is 694 g/mol. The quantitative estimate of drug-likeness (QED) is 0.476. The maximum Gasteiger partial charge on any atom is 0.410 e. The van der Waals surface area contributed by atoms with E-state index >= 15 is 0 Å². The number of nitrogens with zero attached hydrogens (tertiary/aromatic N) is 5. The number of hydrogen-bond acceptors (Lipinski definition) is 6. The molecule has 3 fully saturated rings. The third-order valence-corrected chi connectivity index (χ3v) is 11.2. The van der Waals surface area contributed by atoms with Crippen molar-refractivity contribution in [1.29, 1.82) is 0 Å². The van der Waals surface area contributed by atoms with Crippen molar-refractivity contribution in [1.82, 2.24) is 24.5 Å². The number of ether oxygens (including phenoxy) is 1. The molecule has 0 aromatic heterocycles. The van der Waals surface area contributed by atoms with Crippen molar-refractivity contribution >= 4 is 39.6 Å². The Labute approximate surface area is 281 Å². The number of amides is 4. The van der Waals surface area contributed by atoms with Gasteiger partial charge in [0.15, 0.2) is 6.10 Å². The first-order chi connectivity index (χ1) is 22.2. The number of aryl methyl sites for hydroxylation is 1. The summed E-state index contributed by atoms with van der Waals surface area (Å²) in [5.41, 5.74) is 4.07. The molecule has 4 heterocycles. The van der Waals surface area contributed by atoms with Gasteiger partial charge < -0.3 is 29.7 Å². The van der Waals surface area contributed by atoms with E-state index in [1.165, 1.54) is 0 Å². The number of anilines is 1. The summed E-state index contributed by atoms with van der Waals surface area (Å²) in [6.07, 6.45) is 2.99. The van der Waals surface area contributed by atoms with Gasteiger partial charge in [-0.05, 0) is 74.9 Å². The molecular weight excluding hydrogens is 648 g/mol. The lowest BCUT2D eigenvalue weighted by molar-refractivity contribution is -0.142. The molecule has 2 aromatic rings. The summed E-state index contributed by atoms with van der Waals surface area (Å²) in [6.45, 7) is 9.30. The number of fused-ring (bicyclic) bond motifs is 1. The van der Waals surface area contributed by atoms with Crippen LogP contribution in [0.1, 0.15) is 42.4 Å². The Bertz CT molecular complexity index is 1400. The summed E-state index contributed by atoms with van der Waals surface area (Å²) in [4.78, 5) is 51.0. The summed E-state index contributed by atoms with van der Waals surface area (Å²) >= 11 is 3.62. The van der Waals surface area contributed by atoms with Crippen LogP contribution in [0.3, 0.4) is 0 Å². The van der Waals surface area contributed by atoms with Crippen LogP contribution in [0.4, 0.5) is 15.3 Å². The van der Waals surface area contributed by atoms with Gasteiger partial charge in [0.2, 0.25) is 0 Å². The van der Waals surface area contributed by atoms with Crippen LogP contribution < -0.4 is 5.32 Å². The molecule has 0 radical (unpaired) electrons. The second-order valence-electron chi connectivity index (χ2n) is 13.3. The van der Waals surface area contributed by atoms with E-state index in [9.17, 15) is 14.4 Å². The molecule has 1 N–H and O–H groups in total. The molecule has 1 atom stereocenters. The summed E-state index contributed by atoms with van der Waals surface area (Å²) in [5.74, 6) is -0.113. The average molecular weight is 696 g/mol. The number of nitrogens with one attached hydrogen (secondary N) is 1. The molecular formula is C35H47BrN6O4. The number of para-hydroxylation sites is 1. The molecule has 6 rings (SSSR count). The fourth-order valence-corrected chi connectivity index (χ4v) is 7.72. The summed E-state index contributed by atoms with van der Waals surface area (Å²) in [6, 6.07) is 14.4. The minimum Gasteiger partial charge on any atom is -0.436 e. The van der Waals surface area contributed by atoms with Crippen LogP contribution in [-0.2, 0) is 22.4 Å². The molecule has 3 saturated heterocycles. The second kappa shape index (κ2) is 14.7. The van der Waals surface area contributed by atoms with Crippen LogP contribution in [0.5, 0.6) is 0 Å². The lowest BCUT2D eigenvalue weighted by atomic mass is 10.00. The number of halogens is 1. The number of likely N-dealkylation sites (tertiary alicyclic amines) is 2. The van der Waals surface area contributed by atoms with Gasteiger partial charge in [0.1, 0.15) is 0 Å². The average Bonchev–Trinajstić information content (AvgIpc) is 3.24. The minimum atomic E-state index is -0.894. The highest BCUT2D eigenvalue weighted by Crippen LogP contribution is 2.26. The Morgan fingerprint density at radius 2 is 1.57 bits per heavy atom. The third-order valence-electron chi connectivity index (χ3n) is 10.3. The summed E-state index contributed by atoms with van der Waals surface area (Å²) in [5, 5.41) is 3.06. The molecule has 4 amide bonds. The Morgan fingerprint density at radius 3 is 2.28 bits per heavy atom. The lowest BCUT2D eigenvalue weighted by Gasteiger charge is -2.42. The molecule has 248 valence electrons. The van der Waals surface area contributed by atoms with E-state index in [1.54, 1.807) is 4.90 Å². The normalized spacial score (nSPS) is 21.4. The highest BCUT2D eigenvalue weighted by Gasteiger charge is 2.36. The number of likely N-dealkylation sites (N-methyl/N-ethyl adjacent to an activating group) is 1. The Morgan fingerprint density at radius 1 is 0.891 bits per heavy atom. The predicted octanol–water partition coefficient (Wildman–Crippen LogP) is 4.60. The van der Waals surface area contributed by atoms with Gasteiger partial charge in [0, 0.05) is 87.6 Å². The number of piperazine rings is 1. The third kappa shape index (κ3) is 7.69. The highest BCUT2D eigenvalue weighted by atomic mass is 79.9. The van der Waals surface area contributed by atoms with Gasteiger partial charge in [-0.25, -0.2) is 9.59 Å². The standard InChI is InChI=1S/C35H47BrN6O4/c1-25-7-8-26(23-30(25)36)24-32(33(43)40-14-10-28(11-15-40)39-21-19-38(2)20-22-39)46-35(45)41-16-12-29(13-17-41)42-18-9-27-5-3-4-6-31(27)37-34(42)44/h3-8,23,28-29,32H,9-22,24H2,1-2H3,(H,37,44). The molecule has 46 heavy (non-hydrogen) atoms. The summed E-state index contributed by atoms with van der Waals surface area (Å²) < 4.78 is 7.04. The van der Waals surface area contributed by atoms with Crippen LogP contribution >= 0.6 is 15.9 Å². The first kappa shape index (κ1) is 32.8. The lowest BCUT2D eigenvalue weighted by Crippen LogP contribution is -2.54. The van der Waals surface area contributed by atoms with E-state index < -0.39 is 12.2 Å². The molecule has 11 heteroatoms. The van der Waals surface area contributed by atoms with Crippen molar-refractivity contribution < 1.29 is 19.1 Å². The van der Waals surface area contributed by atoms with Gasteiger partial charge in [0.05, 0.1) is 0 Å². The Hall–Kier alpha value is -3.15. The predicted molar refractivity (Wildman–Crippen MR) is 182 cm³/mol. The van der Waals surface area contributed by atoms with Crippen molar-refractivity contribution in [2.75, 3.05) is 71.3 Å². The van der Waals surface area contributed by atoms with Gasteiger partial charge in [-0.2, -0.15) is 0 Å². The maximum absolute atomic E-state index is 14.0. The molecule has 0 spiro atoms. The molecule has 2 aromatic carbocycles. The Balaban J connectivity index is 1.07. The van der Waals surface area contributed by atoms with Crippen molar-refractivity contribution in [3.05, 3.63) is 63.6 Å². The molecule has 10 nitrogen and oxygen atoms in total. The van der Waals surface area contributed by atoms with Gasteiger partial charge >= 0.3 is 12.1 Å². The van der Waals surface area contributed by atoms with Crippen LogP contribution in [0.2, 0.25) is 0 Å². The maximum atomic E-state index is 14.0. The fraction of sp³-hybridized carbons (Fsp3) is 0.571. The zero-order valence-electron chi connectivity index (χ0n) is 27.1. The molecule has 4 aliphatic rings. The van der Waals surface area contributed by atoms with Crippen molar-refractivity contribution in [2.24, 2.45) is 0 Å². The van der Waals surface area contributed by atoms with E-state index in [0.717, 1.165) is 72.3 Å². The molecule has 0 aliphatic carbocycles. The van der Waals surface area contributed by atoms with E-state index in [1.807, 2.05) is 53.1 Å². The van der Waals surface area contributed by atoms with Gasteiger partial charge in [0.25, 0.3) is 5.91 Å². The summed E-state index contributed by atoms with van der Waals surface area (Å²) in [7, 11) is 2.17. The number of piperidine rings is 2. The molecule has 4 aliphatic heterocycles. The van der Waals surface area contributed by atoms with Crippen LogP contribution in [0.15, 0.2) is 46.9 Å². The minimum absolute atomic E-state index is 0.0438. The smallest absolute Gasteiger partial charge is 0.410 e. The van der Waals surface area contributed by atoms with Crippen molar-refractivity contribution in [3.8, 4) is 0 Å². The molecule has 0 saturated carbocycles. The first-order valence-corrected chi connectivity index (χ1v) is 17.6. The number of rotatable bonds is 6. The number of carbonyl (C=O) groups excluding carboxylic acids is 3. The number of benzene rings is 2. The van der Waals surface area contributed by atoms with Gasteiger partial charge in [-0.3, -0.25) is 9.69 Å². The van der Waals surface area contributed by atoms with E-state index in [4.69, 9.17) is 4.74 Å². The number of hydrogen-bond donors (Lipinski definition) is 1. The van der Waals surface area contributed by atoms with Crippen molar-refractivity contribution in [2.45, 2.75) is 63.6 Å².